The second kappa shape index (κ2) is 7.36. The van der Waals surface area contributed by atoms with Crippen LogP contribution in [0.1, 0.15) is 41.9 Å². The van der Waals surface area contributed by atoms with Crippen molar-refractivity contribution in [2.24, 2.45) is 11.7 Å². The van der Waals surface area contributed by atoms with Gasteiger partial charge in [0.2, 0.25) is 5.91 Å². The molecule has 144 valence electrons. The number of nitrogens with zero attached hydrogens (tertiary/aromatic N) is 2. The minimum absolute atomic E-state index is 0.0404. The fourth-order valence-electron chi connectivity index (χ4n) is 4.34. The first-order valence-corrected chi connectivity index (χ1v) is 9.93. The minimum atomic E-state index is -0.363. The zero-order chi connectivity index (χ0) is 19.7. The van der Waals surface area contributed by atoms with Crippen LogP contribution in [0.3, 0.4) is 0 Å². The molecule has 4 rings (SSSR count). The first kappa shape index (κ1) is 18.6. The number of hydrogen-bond acceptors (Lipinski definition) is 3. The van der Waals surface area contributed by atoms with Crippen LogP contribution in [0.25, 0.3) is 10.9 Å². The van der Waals surface area contributed by atoms with Gasteiger partial charge in [-0.1, -0.05) is 50.2 Å². The van der Waals surface area contributed by atoms with E-state index in [4.69, 9.17) is 10.7 Å². The summed E-state index contributed by atoms with van der Waals surface area (Å²) in [6.45, 7) is 7.49. The molecule has 4 nitrogen and oxygen atoms in total. The topological polar surface area (TPSA) is 59.2 Å². The first-order valence-electron chi connectivity index (χ1n) is 9.93. The monoisotopic (exact) mass is 373 g/mol. The number of para-hydroxylation sites is 1. The highest BCUT2D eigenvalue weighted by Gasteiger charge is 2.38. The Labute approximate surface area is 166 Å². The Bertz CT molecular complexity index is 1020. The highest BCUT2D eigenvalue weighted by atomic mass is 16.1. The lowest BCUT2D eigenvalue weighted by molar-refractivity contribution is 0.0995. The second-order valence-electron chi connectivity index (χ2n) is 8.24. The van der Waals surface area contributed by atoms with Crippen molar-refractivity contribution in [2.75, 3.05) is 13.1 Å². The molecule has 1 saturated heterocycles. The Kier molecular flexibility index (Phi) is 4.90. The predicted octanol–water partition coefficient (Wildman–Crippen LogP) is 4.13. The molecule has 0 unspecified atom stereocenters. The Morgan fingerprint density at radius 2 is 2.00 bits per heavy atom. The molecule has 0 radical (unpaired) electrons. The van der Waals surface area contributed by atoms with Crippen molar-refractivity contribution in [2.45, 2.75) is 32.2 Å². The summed E-state index contributed by atoms with van der Waals surface area (Å²) in [6.07, 6.45) is 1.05. The van der Waals surface area contributed by atoms with Gasteiger partial charge in [0.05, 0.1) is 11.2 Å². The number of hydrogen-bond donors (Lipinski definition) is 1. The van der Waals surface area contributed by atoms with E-state index in [2.05, 4.69) is 49.1 Å². The van der Waals surface area contributed by atoms with Gasteiger partial charge in [-0.25, -0.2) is 0 Å². The van der Waals surface area contributed by atoms with Crippen LogP contribution in [-0.4, -0.2) is 28.9 Å². The van der Waals surface area contributed by atoms with Gasteiger partial charge in [0.1, 0.15) is 0 Å². The summed E-state index contributed by atoms with van der Waals surface area (Å²) in [5.41, 5.74) is 9.49. The largest absolute Gasteiger partial charge is 0.366 e. The molecule has 3 aromatic rings. The van der Waals surface area contributed by atoms with Crippen molar-refractivity contribution < 1.29 is 4.79 Å². The van der Waals surface area contributed by atoms with E-state index in [9.17, 15) is 4.79 Å². The highest BCUT2D eigenvalue weighted by Crippen LogP contribution is 2.39. The number of fused-ring (bicyclic) bond motifs is 1. The van der Waals surface area contributed by atoms with E-state index >= 15 is 0 Å². The molecule has 2 N–H and O–H groups in total. The van der Waals surface area contributed by atoms with Crippen LogP contribution in [0.15, 0.2) is 60.7 Å². The van der Waals surface area contributed by atoms with Crippen LogP contribution in [0, 0.1) is 5.92 Å². The molecule has 4 heteroatoms. The number of benzene rings is 2. The van der Waals surface area contributed by atoms with E-state index in [1.807, 2.05) is 24.3 Å². The van der Waals surface area contributed by atoms with Gasteiger partial charge in [-0.2, -0.15) is 0 Å². The maximum Gasteiger partial charge on any atom is 0.248 e. The Morgan fingerprint density at radius 1 is 1.18 bits per heavy atom. The van der Waals surface area contributed by atoms with E-state index in [0.29, 0.717) is 11.5 Å². The molecule has 1 aromatic heterocycles. The maximum atomic E-state index is 11.6. The van der Waals surface area contributed by atoms with Gasteiger partial charge in [-0.15, -0.1) is 0 Å². The number of rotatable bonds is 4. The van der Waals surface area contributed by atoms with Gasteiger partial charge in [0.15, 0.2) is 0 Å². The van der Waals surface area contributed by atoms with E-state index in [-0.39, 0.29) is 11.3 Å². The number of likely N-dealkylation sites (tertiary alicyclic amines) is 1. The van der Waals surface area contributed by atoms with Crippen LogP contribution in [0.5, 0.6) is 0 Å². The number of amides is 1. The third kappa shape index (κ3) is 3.52. The second-order valence-corrected chi connectivity index (χ2v) is 8.24. The number of primary amides is 1. The van der Waals surface area contributed by atoms with E-state index in [1.54, 1.807) is 6.07 Å². The molecule has 1 amide bonds. The van der Waals surface area contributed by atoms with Crippen LogP contribution >= 0.6 is 0 Å². The normalized spacial score (nSPS) is 23.0. The average molecular weight is 374 g/mol. The Morgan fingerprint density at radius 3 is 2.79 bits per heavy atom. The van der Waals surface area contributed by atoms with Crippen LogP contribution in [0.4, 0.5) is 0 Å². The summed E-state index contributed by atoms with van der Waals surface area (Å²) < 4.78 is 0. The van der Waals surface area contributed by atoms with Crippen LogP contribution < -0.4 is 5.73 Å². The van der Waals surface area contributed by atoms with Crippen molar-refractivity contribution in [3.05, 3.63) is 77.5 Å². The molecule has 2 aromatic carbocycles. The third-order valence-corrected chi connectivity index (χ3v) is 6.42. The first-order chi connectivity index (χ1) is 13.5. The molecule has 0 spiro atoms. The van der Waals surface area contributed by atoms with Gasteiger partial charge >= 0.3 is 0 Å². The van der Waals surface area contributed by atoms with Crippen molar-refractivity contribution >= 4 is 16.8 Å². The number of carbonyl (C=O) groups is 1. The van der Waals surface area contributed by atoms with Crippen LogP contribution in [-0.2, 0) is 12.0 Å². The number of nitrogens with two attached hydrogens (primary N) is 1. The van der Waals surface area contributed by atoms with Gasteiger partial charge in [-0.3, -0.25) is 14.7 Å². The zero-order valence-corrected chi connectivity index (χ0v) is 16.6. The molecule has 0 bridgehead atoms. The molecule has 2 heterocycles. The zero-order valence-electron chi connectivity index (χ0n) is 16.6. The molecular formula is C24H27N3O. The molecule has 0 aliphatic carbocycles. The standard InChI is InChI=1S/C24H27N3O/c1-17-15-27(16-21-11-10-18-6-3-4-9-22(18)26-21)13-12-24(17,2)20-8-5-7-19(14-20)23(25)28/h3-11,14,17H,12-13,15-16H2,1-2H3,(H2,25,28)/t17-,24+/m0/s1. The van der Waals surface area contributed by atoms with Crippen LogP contribution in [0.2, 0.25) is 0 Å². The molecule has 0 saturated carbocycles. The lowest BCUT2D eigenvalue weighted by Gasteiger charge is -2.45. The number of pyridine rings is 1. The highest BCUT2D eigenvalue weighted by molar-refractivity contribution is 5.93. The summed E-state index contributed by atoms with van der Waals surface area (Å²) in [4.78, 5) is 18.9. The third-order valence-electron chi connectivity index (χ3n) is 6.42. The maximum absolute atomic E-state index is 11.6. The van der Waals surface area contributed by atoms with E-state index < -0.39 is 0 Å². The summed E-state index contributed by atoms with van der Waals surface area (Å²) >= 11 is 0. The van der Waals surface area contributed by atoms with Gasteiger partial charge < -0.3 is 5.73 Å². The molecule has 28 heavy (non-hydrogen) atoms. The molecular weight excluding hydrogens is 346 g/mol. The van der Waals surface area contributed by atoms with Crippen molar-refractivity contribution in [3.8, 4) is 0 Å². The van der Waals surface area contributed by atoms with Crippen molar-refractivity contribution in [1.82, 2.24) is 9.88 Å². The summed E-state index contributed by atoms with van der Waals surface area (Å²) in [6, 6.07) is 20.4. The predicted molar refractivity (Wildman–Crippen MR) is 113 cm³/mol. The lowest BCUT2D eigenvalue weighted by atomic mass is 9.68. The average Bonchev–Trinajstić information content (AvgIpc) is 2.71. The molecule has 1 aliphatic rings. The minimum Gasteiger partial charge on any atom is -0.366 e. The Balaban J connectivity index is 1.50. The molecule has 1 fully saturated rings. The Hall–Kier alpha value is -2.72. The smallest absolute Gasteiger partial charge is 0.248 e. The SMILES string of the molecule is C[C@H]1CN(Cc2ccc3ccccc3n2)CC[C@@]1(C)c1cccc(C(N)=O)c1. The number of piperidine rings is 1. The fraction of sp³-hybridized carbons (Fsp3) is 0.333. The van der Waals surface area contributed by atoms with Crippen molar-refractivity contribution in [1.29, 1.82) is 0 Å². The quantitative estimate of drug-likeness (QED) is 0.748. The van der Waals surface area contributed by atoms with Crippen molar-refractivity contribution in [3.63, 3.8) is 0 Å². The fourth-order valence-corrected chi connectivity index (χ4v) is 4.34. The number of aromatic nitrogens is 1. The van der Waals surface area contributed by atoms with Gasteiger partial charge in [-0.05, 0) is 54.1 Å². The summed E-state index contributed by atoms with van der Waals surface area (Å²) in [7, 11) is 0. The molecule has 1 aliphatic heterocycles. The van der Waals surface area contributed by atoms with E-state index in [0.717, 1.165) is 37.3 Å². The van der Waals surface area contributed by atoms with E-state index in [1.165, 1.54) is 10.9 Å². The number of carbonyl (C=O) groups excluding carboxylic acids is 1. The summed E-state index contributed by atoms with van der Waals surface area (Å²) in [5, 5.41) is 1.18. The lowest BCUT2D eigenvalue weighted by Crippen LogP contribution is -2.47. The van der Waals surface area contributed by atoms with Gasteiger partial charge in [0.25, 0.3) is 0 Å². The summed E-state index contributed by atoms with van der Waals surface area (Å²) in [5.74, 6) is 0.0998. The van der Waals surface area contributed by atoms with Gasteiger partial charge in [0, 0.05) is 24.0 Å². The molecule has 2 atom stereocenters.